The lowest BCUT2D eigenvalue weighted by Crippen LogP contribution is -2.51. The van der Waals surface area contributed by atoms with Crippen molar-refractivity contribution in [3.05, 3.63) is 28.2 Å². The van der Waals surface area contributed by atoms with Crippen LogP contribution in [0.4, 0.5) is 5.69 Å². The number of piperidine rings is 1. The van der Waals surface area contributed by atoms with Crippen LogP contribution in [-0.4, -0.2) is 28.8 Å². The van der Waals surface area contributed by atoms with Crippen LogP contribution in [0.2, 0.25) is 10.0 Å². The molecule has 21 heavy (non-hydrogen) atoms. The number of hydrogen-bond acceptors (Lipinski definition) is 2. The van der Waals surface area contributed by atoms with E-state index in [4.69, 9.17) is 23.2 Å². The minimum atomic E-state index is -0.667. The van der Waals surface area contributed by atoms with Crippen molar-refractivity contribution in [2.24, 2.45) is 0 Å². The van der Waals surface area contributed by atoms with Crippen molar-refractivity contribution in [1.29, 1.82) is 0 Å². The van der Waals surface area contributed by atoms with Crippen molar-refractivity contribution in [3.8, 4) is 0 Å². The van der Waals surface area contributed by atoms with Crippen LogP contribution in [0, 0.1) is 0 Å². The molecule has 114 valence electrons. The highest BCUT2D eigenvalue weighted by atomic mass is 35.5. The minimum absolute atomic E-state index is 0.0766. The summed E-state index contributed by atoms with van der Waals surface area (Å²) in [6.45, 7) is 3.94. The molecule has 2 unspecified atom stereocenters. The summed E-state index contributed by atoms with van der Waals surface area (Å²) in [5.41, 5.74) is 0.386. The number of hydrogen-bond donors (Lipinski definition) is 1. The first-order chi connectivity index (χ1) is 9.90. The maximum atomic E-state index is 12.3. The predicted molar refractivity (Wildman–Crippen MR) is 84.7 cm³/mol. The Kier molecular flexibility index (Phi) is 5.12. The molecule has 4 nitrogen and oxygen atoms in total. The van der Waals surface area contributed by atoms with Crippen LogP contribution in [0.3, 0.4) is 0 Å². The molecule has 0 aromatic heterocycles. The molecule has 1 N–H and O–H groups in total. The van der Waals surface area contributed by atoms with Gasteiger partial charge < -0.3 is 10.2 Å². The molecule has 1 aromatic rings. The number of nitrogens with zero attached hydrogens (tertiary/aromatic N) is 1. The van der Waals surface area contributed by atoms with E-state index in [1.807, 2.05) is 13.8 Å². The molecule has 1 aromatic carbocycles. The number of carbonyl (C=O) groups excluding carboxylic acids is 2. The third-order valence-electron chi connectivity index (χ3n) is 3.80. The average molecular weight is 329 g/mol. The second kappa shape index (κ2) is 6.67. The number of likely N-dealkylation sites (tertiary alicyclic amines) is 1. The molecule has 0 radical (unpaired) electrons. The van der Waals surface area contributed by atoms with Crippen molar-refractivity contribution in [3.63, 3.8) is 0 Å². The van der Waals surface area contributed by atoms with Crippen LogP contribution in [0.15, 0.2) is 18.2 Å². The first-order valence-electron chi connectivity index (χ1n) is 6.99. The summed E-state index contributed by atoms with van der Waals surface area (Å²) < 4.78 is 0. The number of amides is 2. The van der Waals surface area contributed by atoms with E-state index in [-0.39, 0.29) is 12.1 Å². The zero-order chi connectivity index (χ0) is 15.6. The maximum Gasteiger partial charge on any atom is 0.313 e. The summed E-state index contributed by atoms with van der Waals surface area (Å²) in [6, 6.07) is 4.87. The van der Waals surface area contributed by atoms with Gasteiger partial charge in [-0.2, -0.15) is 0 Å². The number of anilines is 1. The summed E-state index contributed by atoms with van der Waals surface area (Å²) in [4.78, 5) is 26.1. The molecule has 1 heterocycles. The molecule has 1 saturated heterocycles. The zero-order valence-electron chi connectivity index (χ0n) is 12.0. The van der Waals surface area contributed by atoms with Gasteiger partial charge in [0.05, 0.1) is 10.7 Å². The third-order valence-corrected chi connectivity index (χ3v) is 4.35. The van der Waals surface area contributed by atoms with Gasteiger partial charge >= 0.3 is 11.8 Å². The van der Waals surface area contributed by atoms with Crippen LogP contribution in [0.25, 0.3) is 0 Å². The van der Waals surface area contributed by atoms with Crippen molar-refractivity contribution < 1.29 is 9.59 Å². The molecule has 2 atom stereocenters. The molecule has 1 fully saturated rings. The first kappa shape index (κ1) is 16.1. The van der Waals surface area contributed by atoms with Gasteiger partial charge in [-0.15, -0.1) is 0 Å². The summed E-state index contributed by atoms with van der Waals surface area (Å²) in [5.74, 6) is -1.18. The fraction of sp³-hybridized carbons (Fsp3) is 0.467. The predicted octanol–water partition coefficient (Wildman–Crippen LogP) is 3.72. The van der Waals surface area contributed by atoms with Gasteiger partial charge in [0, 0.05) is 17.1 Å². The monoisotopic (exact) mass is 328 g/mol. The summed E-state index contributed by atoms with van der Waals surface area (Å²) >= 11 is 11.8. The van der Waals surface area contributed by atoms with Crippen LogP contribution in [0.1, 0.15) is 33.1 Å². The Bertz CT molecular complexity index is 553. The average Bonchev–Trinajstić information content (AvgIpc) is 2.41. The molecule has 2 amide bonds. The van der Waals surface area contributed by atoms with Gasteiger partial charge in [0.15, 0.2) is 0 Å². The van der Waals surface area contributed by atoms with E-state index < -0.39 is 11.8 Å². The van der Waals surface area contributed by atoms with E-state index in [0.29, 0.717) is 15.7 Å². The summed E-state index contributed by atoms with van der Waals surface area (Å²) in [7, 11) is 0. The zero-order valence-corrected chi connectivity index (χ0v) is 13.5. The van der Waals surface area contributed by atoms with E-state index in [0.717, 1.165) is 19.3 Å². The standard InChI is InChI=1S/C15H18Cl2N2O2/c1-9-4-3-5-10(2)19(9)15(21)14(20)18-13-7-6-11(16)8-12(13)17/h6-10H,3-5H2,1-2H3,(H,18,20). The minimum Gasteiger partial charge on any atom is -0.329 e. The van der Waals surface area contributed by atoms with Gasteiger partial charge in [0.2, 0.25) is 0 Å². The smallest absolute Gasteiger partial charge is 0.313 e. The highest BCUT2D eigenvalue weighted by molar-refractivity contribution is 6.42. The fourth-order valence-electron chi connectivity index (χ4n) is 2.71. The molecule has 6 heteroatoms. The van der Waals surface area contributed by atoms with Crippen molar-refractivity contribution in [2.75, 3.05) is 5.32 Å². The van der Waals surface area contributed by atoms with Crippen LogP contribution in [0.5, 0.6) is 0 Å². The Morgan fingerprint density at radius 3 is 2.38 bits per heavy atom. The van der Waals surface area contributed by atoms with Crippen molar-refractivity contribution >= 4 is 40.7 Å². The molecule has 2 rings (SSSR count). The van der Waals surface area contributed by atoms with E-state index in [1.165, 1.54) is 6.07 Å². The van der Waals surface area contributed by atoms with Gasteiger partial charge in [-0.3, -0.25) is 9.59 Å². The summed E-state index contributed by atoms with van der Waals surface area (Å²) in [5, 5.41) is 3.34. The van der Waals surface area contributed by atoms with E-state index >= 15 is 0 Å². The van der Waals surface area contributed by atoms with E-state index in [2.05, 4.69) is 5.32 Å². The van der Waals surface area contributed by atoms with Gasteiger partial charge in [0.25, 0.3) is 0 Å². The molecule has 0 saturated carbocycles. The Morgan fingerprint density at radius 1 is 1.19 bits per heavy atom. The molecular weight excluding hydrogens is 311 g/mol. The Labute approximate surface area is 134 Å². The molecule has 1 aliphatic heterocycles. The first-order valence-corrected chi connectivity index (χ1v) is 7.74. The lowest BCUT2D eigenvalue weighted by Gasteiger charge is -2.38. The molecule has 0 spiro atoms. The summed E-state index contributed by atoms with van der Waals surface area (Å²) in [6.07, 6.45) is 2.92. The third kappa shape index (κ3) is 3.69. The number of rotatable bonds is 1. The Morgan fingerprint density at radius 2 is 1.81 bits per heavy atom. The molecule has 0 bridgehead atoms. The number of halogens is 2. The SMILES string of the molecule is CC1CCCC(C)N1C(=O)C(=O)Nc1ccc(Cl)cc1Cl. The molecular formula is C15H18Cl2N2O2. The highest BCUT2D eigenvalue weighted by Gasteiger charge is 2.32. The Balaban J connectivity index is 2.10. The van der Waals surface area contributed by atoms with Crippen LogP contribution < -0.4 is 5.32 Å². The van der Waals surface area contributed by atoms with Crippen molar-refractivity contribution in [1.82, 2.24) is 4.90 Å². The lowest BCUT2D eigenvalue weighted by molar-refractivity contribution is -0.147. The van der Waals surface area contributed by atoms with E-state index in [9.17, 15) is 9.59 Å². The molecule has 1 aliphatic rings. The lowest BCUT2D eigenvalue weighted by atomic mass is 9.97. The maximum absolute atomic E-state index is 12.3. The number of benzene rings is 1. The fourth-order valence-corrected chi connectivity index (χ4v) is 3.16. The highest BCUT2D eigenvalue weighted by Crippen LogP contribution is 2.26. The Hall–Kier alpha value is -1.26. The van der Waals surface area contributed by atoms with Gasteiger partial charge in [-0.05, 0) is 51.3 Å². The van der Waals surface area contributed by atoms with Gasteiger partial charge in [-0.25, -0.2) is 0 Å². The van der Waals surface area contributed by atoms with Gasteiger partial charge in [0.1, 0.15) is 0 Å². The number of carbonyl (C=O) groups is 2. The van der Waals surface area contributed by atoms with Crippen molar-refractivity contribution in [2.45, 2.75) is 45.2 Å². The number of nitrogens with one attached hydrogen (secondary N) is 1. The quantitative estimate of drug-likeness (QED) is 0.798. The van der Waals surface area contributed by atoms with Crippen LogP contribution >= 0.6 is 23.2 Å². The normalized spacial score (nSPS) is 22.0. The second-order valence-corrected chi connectivity index (χ2v) is 6.26. The van der Waals surface area contributed by atoms with E-state index in [1.54, 1.807) is 17.0 Å². The topological polar surface area (TPSA) is 49.4 Å². The molecule has 0 aliphatic carbocycles. The largest absolute Gasteiger partial charge is 0.329 e. The second-order valence-electron chi connectivity index (χ2n) is 5.42. The van der Waals surface area contributed by atoms with Gasteiger partial charge in [-0.1, -0.05) is 23.2 Å². The van der Waals surface area contributed by atoms with Crippen LogP contribution in [-0.2, 0) is 9.59 Å².